The Morgan fingerprint density at radius 2 is 0.886 bits per heavy atom. The first-order valence-corrected chi connectivity index (χ1v) is 18.3. The summed E-state index contributed by atoms with van der Waals surface area (Å²) in [5, 5.41) is 0. The summed E-state index contributed by atoms with van der Waals surface area (Å²) >= 11 is -3.42. The van der Waals surface area contributed by atoms with Crippen LogP contribution in [0.2, 0.25) is 0 Å². The van der Waals surface area contributed by atoms with Gasteiger partial charge in [0.1, 0.15) is 0 Å². The van der Waals surface area contributed by atoms with E-state index in [0.29, 0.717) is 0 Å². The van der Waals surface area contributed by atoms with Gasteiger partial charge in [-0.2, -0.15) is 8.42 Å². The first-order chi connectivity index (χ1) is 16.6. The van der Waals surface area contributed by atoms with Crippen molar-refractivity contribution < 1.29 is 17.2 Å². The molecule has 4 rings (SSSR count). The second-order valence-electron chi connectivity index (χ2n) is 9.00. The van der Waals surface area contributed by atoms with Gasteiger partial charge in [0.15, 0.2) is 0 Å². The van der Waals surface area contributed by atoms with E-state index in [1.54, 1.807) is 0 Å². The van der Waals surface area contributed by atoms with Crippen molar-refractivity contribution in [2.75, 3.05) is 28.3 Å². The molecule has 7 heteroatoms. The van der Waals surface area contributed by atoms with Crippen LogP contribution in [0.15, 0.2) is 115 Å². The van der Waals surface area contributed by atoms with Gasteiger partial charge in [0.2, 0.25) is 0 Å². The standard InChI is InChI=1S/C9H13N.3C6H5.CH4O4S.Sn/c1-10(2,3)9-7-5-4-6-8-9;3*1-2-4-6-5-3-1;1-5-6(2,3)4;/h5-8H,1-3H3;3*1-5H;1H3,(H,2,3,4);/q+1;;;;;. The molecule has 35 heavy (non-hydrogen) atoms. The van der Waals surface area contributed by atoms with Crippen molar-refractivity contribution in [2.24, 2.45) is 0 Å². The van der Waals surface area contributed by atoms with Crippen LogP contribution in [0.3, 0.4) is 0 Å². The van der Waals surface area contributed by atoms with Crippen LogP contribution in [0.25, 0.3) is 0 Å². The number of quaternary nitrogens is 1. The molecule has 0 aliphatic heterocycles. The summed E-state index contributed by atoms with van der Waals surface area (Å²) < 4.78 is 36.5. The van der Waals surface area contributed by atoms with E-state index in [4.69, 9.17) is 4.55 Å². The molecule has 0 atom stereocenters. The monoisotopic (exact) mass is 598 g/mol. The zero-order chi connectivity index (χ0) is 25.5. The first kappa shape index (κ1) is 27.1. The normalized spacial score (nSPS) is 11.9. The Bertz CT molecular complexity index is 1210. The van der Waals surface area contributed by atoms with E-state index in [-0.39, 0.29) is 0 Å². The van der Waals surface area contributed by atoms with Gasteiger partial charge in [-0.1, -0.05) is 0 Å². The maximum atomic E-state index is 9.33. The molecule has 0 saturated heterocycles. The summed E-state index contributed by atoms with van der Waals surface area (Å²) in [6, 6.07) is 42.9. The molecule has 5 nitrogen and oxygen atoms in total. The van der Waals surface area contributed by atoms with Crippen LogP contribution in [0.5, 0.6) is 0 Å². The van der Waals surface area contributed by atoms with Crippen molar-refractivity contribution >= 4 is 48.8 Å². The van der Waals surface area contributed by atoms with Crippen molar-refractivity contribution in [1.29, 1.82) is 0 Å². The fourth-order valence-corrected chi connectivity index (χ4v) is 17.8. The second-order valence-corrected chi connectivity index (χ2v) is 21.1. The van der Waals surface area contributed by atoms with Crippen LogP contribution in [0.4, 0.5) is 5.69 Å². The van der Waals surface area contributed by atoms with Crippen LogP contribution in [0, 0.1) is 0 Å². The SMILES string of the molecule is COS(=O)(=O)O.C[N+](C)(C)c1cc[c]([Sn]([c]2ccccc2)([c]2ccccc2)[c]2ccccc2)cc1. The summed E-state index contributed by atoms with van der Waals surface area (Å²) in [7, 11) is 3.37. The third-order valence-corrected chi connectivity index (χ3v) is 20.0. The minimum atomic E-state index is -4.16. The van der Waals surface area contributed by atoms with Gasteiger partial charge < -0.3 is 0 Å². The topological polar surface area (TPSA) is 63.6 Å². The van der Waals surface area contributed by atoms with Crippen molar-refractivity contribution in [3.63, 3.8) is 0 Å². The Morgan fingerprint density at radius 1 is 0.600 bits per heavy atom. The molecule has 0 aliphatic carbocycles. The molecule has 0 bridgehead atoms. The van der Waals surface area contributed by atoms with Crippen molar-refractivity contribution in [3.8, 4) is 0 Å². The quantitative estimate of drug-likeness (QED) is 0.211. The Balaban J connectivity index is 0.000000509. The number of hydrogen-bond acceptors (Lipinski definition) is 3. The van der Waals surface area contributed by atoms with Gasteiger partial charge in [-0.3, -0.25) is 8.74 Å². The van der Waals surface area contributed by atoms with Crippen LogP contribution >= 0.6 is 0 Å². The summed E-state index contributed by atoms with van der Waals surface area (Å²) in [6.45, 7) is 0. The molecule has 0 heterocycles. The summed E-state index contributed by atoms with van der Waals surface area (Å²) in [4.78, 5) is 0. The van der Waals surface area contributed by atoms with E-state index in [1.807, 2.05) is 0 Å². The molecule has 0 spiro atoms. The van der Waals surface area contributed by atoms with Gasteiger partial charge >= 0.3 is 190 Å². The van der Waals surface area contributed by atoms with Crippen molar-refractivity contribution in [3.05, 3.63) is 115 Å². The summed E-state index contributed by atoms with van der Waals surface area (Å²) in [5.41, 5.74) is 1.32. The van der Waals surface area contributed by atoms with Crippen LogP contribution < -0.4 is 18.8 Å². The Morgan fingerprint density at radius 3 is 1.14 bits per heavy atom. The Kier molecular flexibility index (Phi) is 8.90. The number of nitrogens with zero attached hydrogens (tertiary/aromatic N) is 1. The average Bonchev–Trinajstić information content (AvgIpc) is 2.86. The zero-order valence-corrected chi connectivity index (χ0v) is 24.2. The predicted molar refractivity (Wildman–Crippen MR) is 148 cm³/mol. The van der Waals surface area contributed by atoms with Crippen molar-refractivity contribution in [1.82, 2.24) is 4.48 Å². The van der Waals surface area contributed by atoms with E-state index in [0.717, 1.165) is 11.6 Å². The predicted octanol–water partition coefficient (Wildman–Crippen LogP) is 2.70. The number of hydrogen-bond donors (Lipinski definition) is 1. The first-order valence-electron chi connectivity index (χ1n) is 11.2. The van der Waals surface area contributed by atoms with Crippen molar-refractivity contribution in [2.45, 2.75) is 0 Å². The molecule has 0 saturated carbocycles. The van der Waals surface area contributed by atoms with E-state index >= 15 is 0 Å². The van der Waals surface area contributed by atoms with E-state index in [2.05, 4.69) is 141 Å². The van der Waals surface area contributed by atoms with E-state index in [1.165, 1.54) is 20.0 Å². The molecular formula is C28H32NO4SSn+. The minimum absolute atomic E-state index is 0.824. The molecule has 1 N–H and O–H groups in total. The molecule has 0 unspecified atom stereocenters. The van der Waals surface area contributed by atoms with Crippen LogP contribution in [-0.2, 0) is 14.6 Å². The molecule has 0 aromatic heterocycles. The van der Waals surface area contributed by atoms with Gasteiger partial charge in [-0.05, 0) is 0 Å². The third-order valence-electron chi connectivity index (χ3n) is 5.91. The molecule has 182 valence electrons. The van der Waals surface area contributed by atoms with Gasteiger partial charge in [-0.25, -0.2) is 0 Å². The average molecular weight is 597 g/mol. The number of benzene rings is 4. The fourth-order valence-electron chi connectivity index (χ4n) is 4.22. The maximum absolute atomic E-state index is 9.33. The third kappa shape index (κ3) is 6.59. The molecule has 4 aromatic carbocycles. The van der Waals surface area contributed by atoms with Gasteiger partial charge in [-0.15, -0.1) is 0 Å². The molecule has 0 aliphatic rings. The molecule has 0 radical (unpaired) electrons. The van der Waals surface area contributed by atoms with Crippen LogP contribution in [-0.4, -0.2) is 59.6 Å². The van der Waals surface area contributed by atoms with E-state index in [9.17, 15) is 8.42 Å². The molecule has 0 fully saturated rings. The zero-order valence-electron chi connectivity index (χ0n) is 20.5. The van der Waals surface area contributed by atoms with Crippen LogP contribution in [0.1, 0.15) is 0 Å². The van der Waals surface area contributed by atoms with Gasteiger partial charge in [0.05, 0.1) is 7.11 Å². The van der Waals surface area contributed by atoms with Gasteiger partial charge in [0.25, 0.3) is 0 Å². The number of rotatable bonds is 6. The van der Waals surface area contributed by atoms with E-state index < -0.39 is 28.8 Å². The molecule has 4 aromatic rings. The Labute approximate surface area is 213 Å². The second kappa shape index (κ2) is 11.5. The summed E-state index contributed by atoms with van der Waals surface area (Å²) in [5.74, 6) is 0. The fraction of sp³-hybridized carbons (Fsp3) is 0.143. The Hall–Kier alpha value is -2.49. The summed E-state index contributed by atoms with van der Waals surface area (Å²) in [6.07, 6.45) is 0. The molecule has 0 amide bonds. The van der Waals surface area contributed by atoms with Gasteiger partial charge in [0, 0.05) is 0 Å². The molecular weight excluding hydrogens is 565 g/mol.